The third-order valence-electron chi connectivity index (χ3n) is 5.14. The predicted octanol–water partition coefficient (Wildman–Crippen LogP) is 7.15. The Labute approximate surface area is 158 Å². The number of hydrogen-bond acceptors (Lipinski definition) is 0. The van der Waals surface area contributed by atoms with Gasteiger partial charge in [0.1, 0.15) is 0 Å². The Hall–Kier alpha value is -2.60. The van der Waals surface area contributed by atoms with Crippen molar-refractivity contribution in [2.24, 2.45) is 5.41 Å². The lowest BCUT2D eigenvalue weighted by atomic mass is 9.80. The molecule has 0 N–H and O–H groups in total. The van der Waals surface area contributed by atoms with Gasteiger partial charge in [-0.3, -0.25) is 0 Å². The summed E-state index contributed by atoms with van der Waals surface area (Å²) in [5, 5.41) is 0. The molecule has 2 aromatic carbocycles. The molecule has 0 saturated carbocycles. The van der Waals surface area contributed by atoms with Crippen molar-refractivity contribution in [3.05, 3.63) is 106 Å². The van der Waals surface area contributed by atoms with Gasteiger partial charge in [-0.25, -0.2) is 0 Å². The number of benzene rings is 2. The van der Waals surface area contributed by atoms with Crippen LogP contribution >= 0.6 is 0 Å². The number of rotatable bonds is 4. The topological polar surface area (TPSA) is 0 Å². The maximum atomic E-state index is 2.34. The van der Waals surface area contributed by atoms with Gasteiger partial charge in [0.25, 0.3) is 0 Å². The molecule has 1 aliphatic carbocycles. The van der Waals surface area contributed by atoms with Gasteiger partial charge in [0.15, 0.2) is 0 Å². The summed E-state index contributed by atoms with van der Waals surface area (Å²) >= 11 is 0. The van der Waals surface area contributed by atoms with Gasteiger partial charge in [-0.05, 0) is 56.4 Å². The summed E-state index contributed by atoms with van der Waals surface area (Å²) in [6, 6.07) is 13.3. The summed E-state index contributed by atoms with van der Waals surface area (Å²) in [6.45, 7) is 8.65. The second-order valence-electron chi connectivity index (χ2n) is 7.49. The van der Waals surface area contributed by atoms with Gasteiger partial charge in [0.05, 0.1) is 0 Å². The van der Waals surface area contributed by atoms with E-state index in [1.54, 1.807) is 0 Å². The molecule has 26 heavy (non-hydrogen) atoms. The highest BCUT2D eigenvalue weighted by Gasteiger charge is 2.20. The van der Waals surface area contributed by atoms with Crippen LogP contribution in [0.4, 0.5) is 0 Å². The molecule has 0 atom stereocenters. The lowest BCUT2D eigenvalue weighted by molar-refractivity contribution is 0.640. The van der Waals surface area contributed by atoms with E-state index in [4.69, 9.17) is 0 Å². The van der Waals surface area contributed by atoms with Crippen LogP contribution in [0.1, 0.15) is 39.8 Å². The average Bonchev–Trinajstić information content (AvgIpc) is 2.64. The van der Waals surface area contributed by atoms with E-state index in [1.807, 2.05) is 0 Å². The molecule has 0 radical (unpaired) electrons. The van der Waals surface area contributed by atoms with Crippen molar-refractivity contribution in [3.8, 4) is 0 Å². The van der Waals surface area contributed by atoms with Crippen molar-refractivity contribution in [3.63, 3.8) is 0 Å². The van der Waals surface area contributed by atoms with Crippen LogP contribution < -0.4 is 0 Å². The lowest BCUT2D eigenvalue weighted by Gasteiger charge is -2.24. The Bertz CT molecular complexity index is 842. The lowest BCUT2D eigenvalue weighted by Crippen LogP contribution is -2.12. The van der Waals surface area contributed by atoms with Gasteiger partial charge in [-0.15, -0.1) is 0 Å². The number of allylic oxidation sites excluding steroid dienone is 6. The molecule has 0 spiro atoms. The maximum Gasteiger partial charge on any atom is 0.0286 e. The van der Waals surface area contributed by atoms with Crippen molar-refractivity contribution in [2.75, 3.05) is 0 Å². The first-order chi connectivity index (χ1) is 12.5. The van der Waals surface area contributed by atoms with Crippen molar-refractivity contribution in [1.82, 2.24) is 0 Å². The minimum atomic E-state index is -0.0683. The van der Waals surface area contributed by atoms with E-state index in [1.165, 1.54) is 33.4 Å². The van der Waals surface area contributed by atoms with Crippen LogP contribution in [0.15, 0.2) is 72.9 Å². The highest BCUT2D eigenvalue weighted by atomic mass is 14.2. The standard InChI is InChI=1S/C26H28/c1-20-8-10-22(3)24(18-20)12-16-26(14-6-5-7-15-26)17-13-25-19-21(2)9-11-23(25)4/h5-14,16-19H,15H2,1-4H3. The van der Waals surface area contributed by atoms with Crippen LogP contribution in [0, 0.1) is 33.1 Å². The van der Waals surface area contributed by atoms with Crippen LogP contribution in [0.5, 0.6) is 0 Å². The highest BCUT2D eigenvalue weighted by molar-refractivity contribution is 5.60. The molecular weight excluding hydrogens is 312 g/mol. The summed E-state index contributed by atoms with van der Waals surface area (Å²) in [4.78, 5) is 0. The van der Waals surface area contributed by atoms with Gasteiger partial charge in [-0.1, -0.05) is 96.1 Å². The predicted molar refractivity (Wildman–Crippen MR) is 115 cm³/mol. The van der Waals surface area contributed by atoms with Crippen LogP contribution in [-0.4, -0.2) is 0 Å². The molecule has 1 aliphatic rings. The Morgan fingerprint density at radius 1 is 0.731 bits per heavy atom. The first-order valence-electron chi connectivity index (χ1n) is 9.35. The van der Waals surface area contributed by atoms with E-state index < -0.39 is 0 Å². The molecule has 0 heteroatoms. The summed E-state index contributed by atoms with van der Waals surface area (Å²) in [6.07, 6.45) is 19.1. The van der Waals surface area contributed by atoms with E-state index >= 15 is 0 Å². The molecule has 132 valence electrons. The SMILES string of the molecule is Cc1ccc(C)c(C=CC2(C=Cc3cc(C)ccc3C)C=CC=CC2)c1. The molecule has 0 saturated heterocycles. The van der Waals surface area contributed by atoms with Gasteiger partial charge in [0.2, 0.25) is 0 Å². The smallest absolute Gasteiger partial charge is 0.0286 e. The van der Waals surface area contributed by atoms with Gasteiger partial charge >= 0.3 is 0 Å². The van der Waals surface area contributed by atoms with E-state index in [0.29, 0.717) is 0 Å². The van der Waals surface area contributed by atoms with E-state index in [2.05, 4.69) is 113 Å². The zero-order valence-electron chi connectivity index (χ0n) is 16.3. The molecular formula is C26H28. The summed E-state index contributed by atoms with van der Waals surface area (Å²) in [5.41, 5.74) is 7.76. The fourth-order valence-electron chi connectivity index (χ4n) is 3.33. The third-order valence-corrected chi connectivity index (χ3v) is 5.14. The molecule has 0 nitrogen and oxygen atoms in total. The molecule has 0 aromatic heterocycles. The summed E-state index contributed by atoms with van der Waals surface area (Å²) in [7, 11) is 0. The Kier molecular flexibility index (Phi) is 5.42. The number of aryl methyl sites for hydroxylation is 4. The third kappa shape index (κ3) is 4.32. The molecule has 2 aromatic rings. The second kappa shape index (κ2) is 7.74. The zero-order valence-corrected chi connectivity index (χ0v) is 16.3. The van der Waals surface area contributed by atoms with E-state index in [9.17, 15) is 0 Å². The van der Waals surface area contributed by atoms with Crippen LogP contribution in [0.3, 0.4) is 0 Å². The first kappa shape index (κ1) is 18.2. The summed E-state index contributed by atoms with van der Waals surface area (Å²) in [5.74, 6) is 0. The maximum absolute atomic E-state index is 2.34. The molecule has 0 amide bonds. The Morgan fingerprint density at radius 2 is 1.27 bits per heavy atom. The molecule has 0 fully saturated rings. The summed E-state index contributed by atoms with van der Waals surface area (Å²) < 4.78 is 0. The van der Waals surface area contributed by atoms with Gasteiger partial charge in [-0.2, -0.15) is 0 Å². The zero-order chi connectivity index (χ0) is 18.6. The first-order valence-corrected chi connectivity index (χ1v) is 9.35. The molecule has 0 heterocycles. The van der Waals surface area contributed by atoms with Crippen LogP contribution in [0.25, 0.3) is 12.2 Å². The average molecular weight is 341 g/mol. The molecule has 0 bridgehead atoms. The van der Waals surface area contributed by atoms with Crippen molar-refractivity contribution in [1.29, 1.82) is 0 Å². The minimum absolute atomic E-state index is 0.0683. The second-order valence-corrected chi connectivity index (χ2v) is 7.49. The van der Waals surface area contributed by atoms with Gasteiger partial charge in [0, 0.05) is 5.41 Å². The largest absolute Gasteiger partial charge is 0.0831 e. The highest BCUT2D eigenvalue weighted by Crippen LogP contribution is 2.33. The minimum Gasteiger partial charge on any atom is -0.0831 e. The Morgan fingerprint density at radius 3 is 1.73 bits per heavy atom. The fraction of sp³-hybridized carbons (Fsp3) is 0.231. The monoisotopic (exact) mass is 340 g/mol. The van der Waals surface area contributed by atoms with Crippen LogP contribution in [-0.2, 0) is 0 Å². The normalized spacial score (nSPS) is 19.7. The fourth-order valence-corrected chi connectivity index (χ4v) is 3.33. The van der Waals surface area contributed by atoms with Gasteiger partial charge < -0.3 is 0 Å². The molecule has 3 rings (SSSR count). The van der Waals surface area contributed by atoms with Crippen molar-refractivity contribution in [2.45, 2.75) is 34.1 Å². The molecule has 0 aliphatic heterocycles. The van der Waals surface area contributed by atoms with E-state index in [0.717, 1.165) is 6.42 Å². The van der Waals surface area contributed by atoms with Crippen molar-refractivity contribution < 1.29 is 0 Å². The quantitative estimate of drug-likeness (QED) is 0.554. The van der Waals surface area contributed by atoms with E-state index in [-0.39, 0.29) is 5.41 Å². The van der Waals surface area contributed by atoms with Crippen LogP contribution in [0.2, 0.25) is 0 Å². The Balaban J connectivity index is 1.94. The van der Waals surface area contributed by atoms with Crippen molar-refractivity contribution >= 4 is 12.2 Å². The molecule has 0 unspecified atom stereocenters. The number of hydrogen-bond donors (Lipinski definition) is 0.